The first-order chi connectivity index (χ1) is 16.7. The largest absolute Gasteiger partial charge is 0.490 e. The normalized spacial score (nSPS) is 14.5. The van der Waals surface area contributed by atoms with Gasteiger partial charge in [-0.2, -0.15) is 26.3 Å². The number of aliphatic carboxylic acids is 2. The van der Waals surface area contributed by atoms with Gasteiger partial charge in [0.25, 0.3) is 0 Å². The van der Waals surface area contributed by atoms with E-state index in [9.17, 15) is 30.7 Å². The van der Waals surface area contributed by atoms with Gasteiger partial charge in [0.05, 0.1) is 0 Å². The van der Waals surface area contributed by atoms with Crippen LogP contribution >= 0.6 is 0 Å². The summed E-state index contributed by atoms with van der Waals surface area (Å²) in [5.41, 5.74) is 1.14. The fraction of sp³-hybridized carbons (Fsp3) is 0.409. The van der Waals surface area contributed by atoms with Crippen LogP contribution in [0, 0.1) is 5.82 Å². The van der Waals surface area contributed by atoms with Gasteiger partial charge in [0.2, 0.25) is 0 Å². The minimum Gasteiger partial charge on any atom is -0.490 e. The van der Waals surface area contributed by atoms with E-state index in [-0.39, 0.29) is 11.9 Å². The highest BCUT2D eigenvalue weighted by Crippen LogP contribution is 2.20. The molecule has 0 atom stereocenters. The second-order valence-electron chi connectivity index (χ2n) is 7.29. The molecule has 0 amide bonds. The number of benzene rings is 1. The number of rotatable bonds is 5. The van der Waals surface area contributed by atoms with E-state index < -0.39 is 24.3 Å². The molecule has 14 heteroatoms. The number of hydrogen-bond donors (Lipinski definition) is 2. The van der Waals surface area contributed by atoms with Gasteiger partial charge in [0, 0.05) is 44.0 Å². The number of halogens is 7. The van der Waals surface area contributed by atoms with E-state index in [1.165, 1.54) is 12.1 Å². The Hall–Kier alpha value is -3.42. The van der Waals surface area contributed by atoms with Gasteiger partial charge in [-0.1, -0.05) is 12.1 Å². The van der Waals surface area contributed by atoms with Gasteiger partial charge in [0.1, 0.15) is 17.7 Å². The molecule has 1 saturated heterocycles. The molecule has 1 aromatic heterocycles. The van der Waals surface area contributed by atoms with Gasteiger partial charge >= 0.3 is 24.3 Å². The molecule has 36 heavy (non-hydrogen) atoms. The van der Waals surface area contributed by atoms with Crippen molar-refractivity contribution in [3.8, 4) is 5.75 Å². The molecule has 0 spiro atoms. The number of hydrogen-bond acceptors (Lipinski definition) is 5. The van der Waals surface area contributed by atoms with Gasteiger partial charge in [-0.25, -0.2) is 14.0 Å². The lowest BCUT2D eigenvalue weighted by atomic mass is 10.1. The summed E-state index contributed by atoms with van der Waals surface area (Å²) in [7, 11) is 0. The molecule has 0 radical (unpaired) electrons. The molecule has 0 aliphatic carbocycles. The molecule has 0 saturated carbocycles. The molecule has 1 fully saturated rings. The zero-order valence-electron chi connectivity index (χ0n) is 18.6. The fourth-order valence-corrected chi connectivity index (χ4v) is 2.80. The average Bonchev–Trinajstić information content (AvgIpc) is 2.79. The monoisotopic (exact) mass is 528 g/mol. The summed E-state index contributed by atoms with van der Waals surface area (Å²) < 4.78 is 82.5. The highest BCUT2D eigenvalue weighted by Gasteiger charge is 2.38. The van der Waals surface area contributed by atoms with Crippen molar-refractivity contribution in [2.75, 3.05) is 19.6 Å². The van der Waals surface area contributed by atoms with E-state index in [2.05, 4.69) is 16.0 Å². The molecule has 0 bridgehead atoms. The van der Waals surface area contributed by atoms with Crippen molar-refractivity contribution in [1.82, 2.24) is 9.88 Å². The lowest BCUT2D eigenvalue weighted by Gasteiger charge is -2.32. The maximum atomic E-state index is 13.2. The molecule has 0 unspecified atom stereocenters. The molecule has 3 rings (SSSR count). The molecule has 7 nitrogen and oxygen atoms in total. The van der Waals surface area contributed by atoms with E-state index >= 15 is 0 Å². The number of carboxylic acid groups (broad SMARTS) is 2. The maximum absolute atomic E-state index is 13.2. The van der Waals surface area contributed by atoms with Gasteiger partial charge < -0.3 is 19.8 Å². The molecular weight excluding hydrogens is 505 g/mol. The van der Waals surface area contributed by atoms with Crippen LogP contribution < -0.4 is 4.74 Å². The number of carbonyl (C=O) groups is 2. The summed E-state index contributed by atoms with van der Waals surface area (Å²) in [6.45, 7) is 3.07. The third-order valence-electron chi connectivity index (χ3n) is 4.53. The summed E-state index contributed by atoms with van der Waals surface area (Å²) in [6, 6.07) is 12.4. The van der Waals surface area contributed by atoms with Crippen LogP contribution in [-0.2, 0) is 16.0 Å². The number of pyridine rings is 1. The number of carboxylic acids is 2. The summed E-state index contributed by atoms with van der Waals surface area (Å²) in [5.74, 6) is -5.13. The lowest BCUT2D eigenvalue weighted by molar-refractivity contribution is -0.193. The summed E-state index contributed by atoms with van der Waals surface area (Å²) in [6.07, 6.45) is -5.19. The predicted octanol–water partition coefficient (Wildman–Crippen LogP) is 4.57. The Labute approximate surface area is 201 Å². The van der Waals surface area contributed by atoms with E-state index in [4.69, 9.17) is 24.5 Å². The van der Waals surface area contributed by atoms with Gasteiger partial charge in [0.15, 0.2) is 0 Å². The van der Waals surface area contributed by atoms with E-state index in [0.29, 0.717) is 5.75 Å². The van der Waals surface area contributed by atoms with Crippen LogP contribution in [0.25, 0.3) is 0 Å². The Bertz CT molecular complexity index is 924. The quantitative estimate of drug-likeness (QED) is 0.549. The van der Waals surface area contributed by atoms with Crippen LogP contribution in [0.15, 0.2) is 48.7 Å². The van der Waals surface area contributed by atoms with Gasteiger partial charge in [-0.15, -0.1) is 0 Å². The van der Waals surface area contributed by atoms with E-state index in [1.54, 1.807) is 6.07 Å². The Balaban J connectivity index is 0.000000383. The number of ether oxygens (including phenoxy) is 1. The van der Waals surface area contributed by atoms with Gasteiger partial charge in [-0.3, -0.25) is 4.98 Å². The first-order valence-electron chi connectivity index (χ1n) is 10.3. The number of aromatic nitrogens is 1. The van der Waals surface area contributed by atoms with Crippen LogP contribution in [0.1, 0.15) is 18.5 Å². The maximum Gasteiger partial charge on any atom is 0.490 e. The molecule has 200 valence electrons. The van der Waals surface area contributed by atoms with Crippen molar-refractivity contribution in [2.24, 2.45) is 0 Å². The lowest BCUT2D eigenvalue weighted by Crippen LogP contribution is -2.39. The Morgan fingerprint density at radius 3 is 1.94 bits per heavy atom. The smallest absolute Gasteiger partial charge is 0.490 e. The van der Waals surface area contributed by atoms with Crippen molar-refractivity contribution >= 4 is 11.9 Å². The summed E-state index contributed by atoms with van der Waals surface area (Å²) in [4.78, 5) is 24.6. The third kappa shape index (κ3) is 12.9. The van der Waals surface area contributed by atoms with Gasteiger partial charge in [-0.05, 0) is 37.1 Å². The highest BCUT2D eigenvalue weighted by molar-refractivity contribution is 5.73. The van der Waals surface area contributed by atoms with E-state index in [1.807, 2.05) is 24.4 Å². The standard InChI is InChI=1S/C18H21FN2O.2C2HF3O2/c19-15-4-3-6-18(14-15)22-17-8-12-21(13-9-17)11-7-16-5-1-2-10-20-16;2*3-2(4,5)1(6)7/h1-6,10,14,17H,7-9,11-13H2;2*(H,6,7). The zero-order valence-corrected chi connectivity index (χ0v) is 18.6. The molecule has 2 N–H and O–H groups in total. The van der Waals surface area contributed by atoms with E-state index in [0.717, 1.165) is 44.6 Å². The van der Waals surface area contributed by atoms with Crippen LogP contribution in [-0.4, -0.2) is 70.1 Å². The first-order valence-corrected chi connectivity index (χ1v) is 10.3. The summed E-state index contributed by atoms with van der Waals surface area (Å²) >= 11 is 0. The second kappa shape index (κ2) is 14.2. The second-order valence-corrected chi connectivity index (χ2v) is 7.29. The molecular formula is C22H23F7N2O5. The zero-order chi connectivity index (χ0) is 27.4. The highest BCUT2D eigenvalue weighted by atomic mass is 19.4. The fourth-order valence-electron chi connectivity index (χ4n) is 2.80. The SMILES string of the molecule is Fc1cccc(OC2CCN(CCc3ccccn3)CC2)c1.O=C(O)C(F)(F)F.O=C(O)C(F)(F)F. The Morgan fingerprint density at radius 1 is 0.944 bits per heavy atom. The summed E-state index contributed by atoms with van der Waals surface area (Å²) in [5, 5.41) is 14.2. The average molecular weight is 528 g/mol. The number of nitrogens with zero attached hydrogens (tertiary/aromatic N) is 2. The molecule has 2 aromatic rings. The van der Waals surface area contributed by atoms with Crippen molar-refractivity contribution in [2.45, 2.75) is 37.7 Å². The topological polar surface area (TPSA) is 100.0 Å². The predicted molar refractivity (Wildman–Crippen MR) is 112 cm³/mol. The minimum absolute atomic E-state index is 0.188. The minimum atomic E-state index is -5.08. The number of likely N-dealkylation sites (tertiary alicyclic amines) is 1. The van der Waals surface area contributed by atoms with Crippen LogP contribution in [0.4, 0.5) is 30.7 Å². The van der Waals surface area contributed by atoms with Crippen molar-refractivity contribution in [3.05, 3.63) is 60.2 Å². The molecule has 1 aromatic carbocycles. The molecule has 1 aliphatic rings. The Kier molecular flexibility index (Phi) is 12.1. The van der Waals surface area contributed by atoms with Crippen LogP contribution in [0.2, 0.25) is 0 Å². The number of alkyl halides is 6. The molecule has 1 aliphatic heterocycles. The van der Waals surface area contributed by atoms with Crippen LogP contribution in [0.5, 0.6) is 5.75 Å². The van der Waals surface area contributed by atoms with Crippen molar-refractivity contribution in [1.29, 1.82) is 0 Å². The number of piperidine rings is 1. The van der Waals surface area contributed by atoms with Crippen molar-refractivity contribution < 1.29 is 55.3 Å². The first kappa shape index (κ1) is 30.6. The Morgan fingerprint density at radius 2 is 1.50 bits per heavy atom. The molecule has 2 heterocycles. The van der Waals surface area contributed by atoms with Crippen molar-refractivity contribution in [3.63, 3.8) is 0 Å². The van der Waals surface area contributed by atoms with Crippen LogP contribution in [0.3, 0.4) is 0 Å². The third-order valence-corrected chi connectivity index (χ3v) is 4.53.